The van der Waals surface area contributed by atoms with Gasteiger partial charge in [-0.05, 0) is 31.6 Å². The second-order valence-electron chi connectivity index (χ2n) is 4.91. The third kappa shape index (κ3) is 9.12. The first kappa shape index (κ1) is 16.4. The molecule has 0 fully saturated rings. The number of hydrogen-bond donors (Lipinski definition) is 2. The highest BCUT2D eigenvalue weighted by Crippen LogP contribution is 2.10. The normalized spacial score (nSPS) is 12.8. The average molecular weight is 244 g/mol. The van der Waals surface area contributed by atoms with E-state index in [1.165, 1.54) is 0 Å². The number of carbonyl (C=O) groups excluding carboxylic acids is 1. The Morgan fingerprint density at radius 3 is 2.53 bits per heavy atom. The summed E-state index contributed by atoms with van der Waals surface area (Å²) in [4.78, 5) is 11.8. The van der Waals surface area contributed by atoms with Gasteiger partial charge in [0.15, 0.2) is 0 Å². The zero-order valence-electron chi connectivity index (χ0n) is 11.5. The zero-order chi connectivity index (χ0) is 13.1. The van der Waals surface area contributed by atoms with Crippen LogP contribution in [0.5, 0.6) is 0 Å². The van der Waals surface area contributed by atoms with Gasteiger partial charge >= 0.3 is 0 Å². The van der Waals surface area contributed by atoms with Gasteiger partial charge in [-0.2, -0.15) is 0 Å². The average Bonchev–Trinajstić information content (AvgIpc) is 2.30. The third-order valence-electron chi connectivity index (χ3n) is 2.74. The summed E-state index contributed by atoms with van der Waals surface area (Å²) in [5.41, 5.74) is 5.61. The van der Waals surface area contributed by atoms with E-state index in [0.29, 0.717) is 12.5 Å². The number of methoxy groups -OCH3 is 1. The summed E-state index contributed by atoms with van der Waals surface area (Å²) in [6, 6.07) is 0. The lowest BCUT2D eigenvalue weighted by atomic mass is 9.96. The van der Waals surface area contributed by atoms with Crippen LogP contribution < -0.4 is 11.1 Å². The molecule has 1 amide bonds. The SMILES string of the molecule is COCCCCCNC(=O)C(CN)CC(C)C. The van der Waals surface area contributed by atoms with Gasteiger partial charge < -0.3 is 15.8 Å². The molecule has 0 aliphatic carbocycles. The summed E-state index contributed by atoms with van der Waals surface area (Å²) in [6.07, 6.45) is 4.02. The zero-order valence-corrected chi connectivity index (χ0v) is 11.5. The van der Waals surface area contributed by atoms with Gasteiger partial charge in [0.25, 0.3) is 0 Å². The third-order valence-corrected chi connectivity index (χ3v) is 2.74. The number of nitrogens with one attached hydrogen (secondary N) is 1. The lowest BCUT2D eigenvalue weighted by Crippen LogP contribution is -2.36. The predicted molar refractivity (Wildman–Crippen MR) is 70.7 cm³/mol. The summed E-state index contributed by atoms with van der Waals surface area (Å²) in [5, 5.41) is 2.96. The summed E-state index contributed by atoms with van der Waals surface area (Å²) < 4.78 is 4.96. The Balaban J connectivity index is 3.61. The molecule has 17 heavy (non-hydrogen) atoms. The Bertz CT molecular complexity index is 196. The van der Waals surface area contributed by atoms with E-state index < -0.39 is 0 Å². The van der Waals surface area contributed by atoms with E-state index in [9.17, 15) is 4.79 Å². The molecule has 1 unspecified atom stereocenters. The van der Waals surface area contributed by atoms with Gasteiger partial charge in [0.05, 0.1) is 5.92 Å². The molecule has 0 aliphatic heterocycles. The van der Waals surface area contributed by atoms with Crippen LogP contribution in [0.2, 0.25) is 0 Å². The number of rotatable bonds is 10. The van der Waals surface area contributed by atoms with Crippen molar-refractivity contribution < 1.29 is 9.53 Å². The van der Waals surface area contributed by atoms with Crippen molar-refractivity contribution in [1.29, 1.82) is 0 Å². The Hall–Kier alpha value is -0.610. The molecule has 0 aromatic carbocycles. The van der Waals surface area contributed by atoms with Gasteiger partial charge in [-0.25, -0.2) is 0 Å². The molecule has 0 aromatic rings. The number of carbonyl (C=O) groups is 1. The smallest absolute Gasteiger partial charge is 0.224 e. The van der Waals surface area contributed by atoms with E-state index in [4.69, 9.17) is 10.5 Å². The van der Waals surface area contributed by atoms with Crippen molar-refractivity contribution in [2.24, 2.45) is 17.6 Å². The topological polar surface area (TPSA) is 64.3 Å². The van der Waals surface area contributed by atoms with Crippen LogP contribution in [0, 0.1) is 11.8 Å². The summed E-state index contributed by atoms with van der Waals surface area (Å²) in [7, 11) is 1.71. The van der Waals surface area contributed by atoms with Crippen molar-refractivity contribution in [3.05, 3.63) is 0 Å². The van der Waals surface area contributed by atoms with Gasteiger partial charge in [-0.1, -0.05) is 13.8 Å². The van der Waals surface area contributed by atoms with E-state index in [0.717, 1.165) is 38.8 Å². The van der Waals surface area contributed by atoms with Gasteiger partial charge in [0, 0.05) is 26.8 Å². The number of hydrogen-bond acceptors (Lipinski definition) is 3. The number of amides is 1. The van der Waals surface area contributed by atoms with E-state index in [1.807, 2.05) is 0 Å². The molecule has 0 aliphatic rings. The van der Waals surface area contributed by atoms with Crippen LogP contribution in [0.1, 0.15) is 39.5 Å². The Labute approximate surface area is 105 Å². The molecule has 0 saturated heterocycles. The van der Waals surface area contributed by atoms with Crippen LogP contribution in [0.25, 0.3) is 0 Å². The predicted octanol–water partition coefficient (Wildman–Crippen LogP) is 1.54. The molecule has 3 N–H and O–H groups in total. The van der Waals surface area contributed by atoms with Crippen LogP contribution in [0.15, 0.2) is 0 Å². The van der Waals surface area contributed by atoms with Crippen molar-refractivity contribution in [2.45, 2.75) is 39.5 Å². The maximum atomic E-state index is 11.8. The highest BCUT2D eigenvalue weighted by Gasteiger charge is 2.17. The molecule has 0 rings (SSSR count). The van der Waals surface area contributed by atoms with Crippen LogP contribution in [-0.4, -0.2) is 32.7 Å². The van der Waals surface area contributed by atoms with E-state index in [1.54, 1.807) is 7.11 Å². The quantitative estimate of drug-likeness (QED) is 0.573. The van der Waals surface area contributed by atoms with E-state index in [2.05, 4.69) is 19.2 Å². The van der Waals surface area contributed by atoms with Gasteiger partial charge in [0.2, 0.25) is 5.91 Å². The highest BCUT2D eigenvalue weighted by atomic mass is 16.5. The molecular formula is C13H28N2O2. The van der Waals surface area contributed by atoms with Crippen molar-refractivity contribution in [1.82, 2.24) is 5.32 Å². The van der Waals surface area contributed by atoms with Gasteiger partial charge in [-0.15, -0.1) is 0 Å². The maximum Gasteiger partial charge on any atom is 0.224 e. The Morgan fingerprint density at radius 1 is 1.29 bits per heavy atom. The van der Waals surface area contributed by atoms with Crippen LogP contribution in [0.4, 0.5) is 0 Å². The molecule has 0 spiro atoms. The highest BCUT2D eigenvalue weighted by molar-refractivity contribution is 5.78. The first-order valence-electron chi connectivity index (χ1n) is 6.58. The monoisotopic (exact) mass is 244 g/mol. The molecule has 4 nitrogen and oxygen atoms in total. The fourth-order valence-electron chi connectivity index (χ4n) is 1.78. The molecule has 0 saturated carbocycles. The number of ether oxygens (including phenoxy) is 1. The van der Waals surface area contributed by atoms with Crippen LogP contribution >= 0.6 is 0 Å². The molecule has 102 valence electrons. The second-order valence-corrected chi connectivity index (χ2v) is 4.91. The standard InChI is InChI=1S/C13H28N2O2/c1-11(2)9-12(10-14)13(16)15-7-5-4-6-8-17-3/h11-12H,4-10,14H2,1-3H3,(H,15,16). The molecule has 0 bridgehead atoms. The summed E-state index contributed by atoms with van der Waals surface area (Å²) in [5.74, 6) is 0.581. The first-order chi connectivity index (χ1) is 8.11. The minimum absolute atomic E-state index is 0.0334. The largest absolute Gasteiger partial charge is 0.385 e. The fourth-order valence-corrected chi connectivity index (χ4v) is 1.78. The van der Waals surface area contributed by atoms with Crippen LogP contribution in [0.3, 0.4) is 0 Å². The number of unbranched alkanes of at least 4 members (excludes halogenated alkanes) is 2. The van der Waals surface area contributed by atoms with Crippen molar-refractivity contribution in [2.75, 3.05) is 26.8 Å². The number of nitrogens with two attached hydrogens (primary N) is 1. The molecule has 1 atom stereocenters. The molecule has 4 heteroatoms. The Morgan fingerprint density at radius 2 is 2.00 bits per heavy atom. The summed E-state index contributed by atoms with van der Waals surface area (Å²) in [6.45, 7) is 6.21. The lowest BCUT2D eigenvalue weighted by molar-refractivity contribution is -0.125. The molecule has 0 radical (unpaired) electrons. The van der Waals surface area contributed by atoms with E-state index in [-0.39, 0.29) is 11.8 Å². The molecule has 0 heterocycles. The molecule has 0 aromatic heterocycles. The van der Waals surface area contributed by atoms with Gasteiger partial charge in [0.1, 0.15) is 0 Å². The van der Waals surface area contributed by atoms with Crippen molar-refractivity contribution in [3.8, 4) is 0 Å². The molecular weight excluding hydrogens is 216 g/mol. The van der Waals surface area contributed by atoms with Crippen molar-refractivity contribution >= 4 is 5.91 Å². The second kappa shape index (κ2) is 10.5. The van der Waals surface area contributed by atoms with Gasteiger partial charge in [-0.3, -0.25) is 4.79 Å². The first-order valence-corrected chi connectivity index (χ1v) is 6.58. The summed E-state index contributed by atoms with van der Waals surface area (Å²) >= 11 is 0. The minimum atomic E-state index is -0.0334. The lowest BCUT2D eigenvalue weighted by Gasteiger charge is -2.16. The maximum absolute atomic E-state index is 11.8. The fraction of sp³-hybridized carbons (Fsp3) is 0.923. The Kier molecular flexibility index (Phi) is 10.2. The minimum Gasteiger partial charge on any atom is -0.385 e. The van der Waals surface area contributed by atoms with Crippen LogP contribution in [-0.2, 0) is 9.53 Å². The van der Waals surface area contributed by atoms with Crippen molar-refractivity contribution in [3.63, 3.8) is 0 Å². The van der Waals surface area contributed by atoms with E-state index >= 15 is 0 Å².